The van der Waals surface area contributed by atoms with Gasteiger partial charge in [-0.3, -0.25) is 15.1 Å². The lowest BCUT2D eigenvalue weighted by atomic mass is 10.2. The number of imide groups is 1. The third kappa shape index (κ3) is 4.52. The van der Waals surface area contributed by atoms with E-state index < -0.39 is 21.7 Å². The van der Waals surface area contributed by atoms with Crippen LogP contribution in [0.4, 0.5) is 10.5 Å². The Morgan fingerprint density at radius 3 is 2.50 bits per heavy atom. The molecule has 1 aromatic rings. The Bertz CT molecular complexity index is 545. The smallest absolute Gasteiger partial charge is 0.341 e. The zero-order valence-electron chi connectivity index (χ0n) is 9.95. The topological polar surface area (TPSA) is 97.4 Å². The number of carbonyl (C=O) groups excluding carboxylic acids is 3. The molecule has 0 saturated heterocycles. The summed E-state index contributed by atoms with van der Waals surface area (Å²) in [4.78, 5) is 38.0. The van der Waals surface area contributed by atoms with E-state index in [0.717, 1.165) is 0 Å². The lowest BCUT2D eigenvalue weighted by Gasteiger charge is -2.12. The van der Waals surface area contributed by atoms with Crippen LogP contribution >= 0.6 is 34.8 Å². The number of aromatic nitrogens is 1. The van der Waals surface area contributed by atoms with Gasteiger partial charge in [-0.15, -0.1) is 0 Å². The van der Waals surface area contributed by atoms with Crippen molar-refractivity contribution in [3.8, 4) is 0 Å². The first-order valence-corrected chi connectivity index (χ1v) is 6.10. The van der Waals surface area contributed by atoms with E-state index in [1.807, 2.05) is 0 Å². The molecule has 0 saturated carbocycles. The molecule has 0 aliphatic heterocycles. The number of anilines is 1. The molecule has 0 atom stereocenters. The summed E-state index contributed by atoms with van der Waals surface area (Å²) >= 11 is 15.9. The second kappa shape index (κ2) is 6.74. The van der Waals surface area contributed by atoms with Crippen molar-refractivity contribution < 1.29 is 19.1 Å². The summed E-state index contributed by atoms with van der Waals surface area (Å²) in [5.74, 6) is -1.84. The van der Waals surface area contributed by atoms with Crippen molar-refractivity contribution in [2.75, 3.05) is 12.4 Å². The predicted octanol–water partition coefficient (Wildman–Crippen LogP) is 1.89. The summed E-state index contributed by atoms with van der Waals surface area (Å²) in [5.41, 5.74) is 0.0907. The minimum absolute atomic E-state index is 0.00600. The molecule has 0 radical (unpaired) electrons. The van der Waals surface area contributed by atoms with Crippen LogP contribution in [0.15, 0.2) is 18.5 Å². The highest BCUT2D eigenvalue weighted by Gasteiger charge is 2.32. The average molecular weight is 341 g/mol. The molecule has 1 heterocycles. The van der Waals surface area contributed by atoms with E-state index in [9.17, 15) is 14.4 Å². The van der Waals surface area contributed by atoms with Crippen LogP contribution in [0.2, 0.25) is 0 Å². The van der Waals surface area contributed by atoms with Gasteiger partial charge in [-0.05, 0) is 6.07 Å². The number of urea groups is 1. The van der Waals surface area contributed by atoms with Crippen molar-refractivity contribution in [1.82, 2.24) is 10.3 Å². The molecule has 108 valence electrons. The summed E-state index contributed by atoms with van der Waals surface area (Å²) in [6, 6.07) is 0.365. The summed E-state index contributed by atoms with van der Waals surface area (Å²) in [7, 11) is 1.17. The molecule has 0 unspecified atom stereocenters. The SMILES string of the molecule is COC(=O)c1cnccc1NC(=O)NC(=O)C(Cl)(Cl)Cl. The van der Waals surface area contributed by atoms with Crippen LogP contribution in [0.3, 0.4) is 0 Å². The number of hydrogen-bond donors (Lipinski definition) is 2. The van der Waals surface area contributed by atoms with Gasteiger partial charge in [0.1, 0.15) is 5.56 Å². The highest BCUT2D eigenvalue weighted by Crippen LogP contribution is 2.25. The molecule has 0 fully saturated rings. The van der Waals surface area contributed by atoms with E-state index in [1.165, 1.54) is 25.6 Å². The normalized spacial score (nSPS) is 10.6. The number of pyridine rings is 1. The number of hydrogen-bond acceptors (Lipinski definition) is 5. The van der Waals surface area contributed by atoms with Gasteiger partial charge in [0.15, 0.2) is 0 Å². The number of halogens is 3. The second-order valence-electron chi connectivity index (χ2n) is 3.32. The van der Waals surface area contributed by atoms with Crippen LogP contribution in [0.5, 0.6) is 0 Å². The first-order valence-electron chi connectivity index (χ1n) is 4.97. The summed E-state index contributed by atoms with van der Waals surface area (Å²) in [6.45, 7) is 0. The van der Waals surface area contributed by atoms with Crippen molar-refractivity contribution in [3.05, 3.63) is 24.0 Å². The fourth-order valence-corrected chi connectivity index (χ4v) is 1.25. The van der Waals surface area contributed by atoms with Crippen LogP contribution in [-0.2, 0) is 9.53 Å². The Kier molecular flexibility index (Phi) is 5.55. The second-order valence-corrected chi connectivity index (χ2v) is 5.60. The molecule has 0 aromatic carbocycles. The Morgan fingerprint density at radius 1 is 1.30 bits per heavy atom. The van der Waals surface area contributed by atoms with E-state index in [2.05, 4.69) is 15.0 Å². The van der Waals surface area contributed by atoms with Crippen molar-refractivity contribution in [3.63, 3.8) is 0 Å². The number of nitrogens with one attached hydrogen (secondary N) is 2. The zero-order chi connectivity index (χ0) is 15.3. The van der Waals surface area contributed by atoms with Crippen LogP contribution in [0.25, 0.3) is 0 Å². The maximum Gasteiger partial charge on any atom is 0.341 e. The maximum absolute atomic E-state index is 11.5. The molecule has 20 heavy (non-hydrogen) atoms. The maximum atomic E-state index is 11.5. The van der Waals surface area contributed by atoms with Gasteiger partial charge in [0, 0.05) is 12.4 Å². The van der Waals surface area contributed by atoms with Crippen molar-refractivity contribution in [1.29, 1.82) is 0 Å². The predicted molar refractivity (Wildman–Crippen MR) is 73.0 cm³/mol. The zero-order valence-corrected chi connectivity index (χ0v) is 12.2. The van der Waals surface area contributed by atoms with Crippen LogP contribution in [-0.4, -0.2) is 33.8 Å². The molecule has 7 nitrogen and oxygen atoms in total. The number of alkyl halides is 3. The van der Waals surface area contributed by atoms with Gasteiger partial charge in [-0.1, -0.05) is 34.8 Å². The number of esters is 1. The molecule has 10 heteroatoms. The standard InChI is InChI=1S/C10H8Cl3N3O4/c1-20-7(17)5-4-14-3-2-6(5)15-9(19)16-8(18)10(11,12)13/h2-4H,1H3,(H2,14,15,16,18,19). The molecule has 0 spiro atoms. The van der Waals surface area contributed by atoms with E-state index in [0.29, 0.717) is 0 Å². The first kappa shape index (κ1) is 16.5. The van der Waals surface area contributed by atoms with Crippen LogP contribution in [0.1, 0.15) is 10.4 Å². The third-order valence-electron chi connectivity index (χ3n) is 1.96. The van der Waals surface area contributed by atoms with Gasteiger partial charge in [0.2, 0.25) is 0 Å². The van der Waals surface area contributed by atoms with Gasteiger partial charge in [-0.25, -0.2) is 9.59 Å². The Morgan fingerprint density at radius 2 is 1.95 bits per heavy atom. The Labute approximate surface area is 128 Å². The number of carbonyl (C=O) groups is 3. The van der Waals surface area contributed by atoms with E-state index >= 15 is 0 Å². The lowest BCUT2D eigenvalue weighted by Crippen LogP contribution is -2.41. The van der Waals surface area contributed by atoms with Crippen molar-refractivity contribution in [2.45, 2.75) is 3.79 Å². The van der Waals surface area contributed by atoms with Crippen molar-refractivity contribution >= 4 is 58.4 Å². The summed E-state index contributed by atoms with van der Waals surface area (Å²) in [5, 5.41) is 4.04. The molecule has 0 bridgehead atoms. The van der Waals surface area contributed by atoms with E-state index in [-0.39, 0.29) is 11.3 Å². The minimum Gasteiger partial charge on any atom is -0.465 e. The number of rotatable bonds is 2. The minimum atomic E-state index is -2.28. The largest absolute Gasteiger partial charge is 0.465 e. The molecule has 3 amide bonds. The third-order valence-corrected chi connectivity index (χ3v) is 2.47. The van der Waals surface area contributed by atoms with E-state index in [1.54, 1.807) is 5.32 Å². The van der Waals surface area contributed by atoms with Crippen LogP contribution < -0.4 is 10.6 Å². The van der Waals surface area contributed by atoms with E-state index in [4.69, 9.17) is 34.8 Å². The van der Waals surface area contributed by atoms with Gasteiger partial charge in [-0.2, -0.15) is 0 Å². The molecule has 1 rings (SSSR count). The molecular weight excluding hydrogens is 332 g/mol. The highest BCUT2D eigenvalue weighted by atomic mass is 35.6. The molecule has 1 aromatic heterocycles. The van der Waals surface area contributed by atoms with Gasteiger partial charge in [0.05, 0.1) is 12.8 Å². The quantitative estimate of drug-likeness (QED) is 0.633. The van der Waals surface area contributed by atoms with Crippen molar-refractivity contribution in [2.24, 2.45) is 0 Å². The Hall–Kier alpha value is -1.57. The first-order chi connectivity index (χ1) is 9.25. The van der Waals surface area contributed by atoms with Crippen LogP contribution in [0, 0.1) is 0 Å². The van der Waals surface area contributed by atoms with Gasteiger partial charge >= 0.3 is 12.0 Å². The monoisotopic (exact) mass is 339 g/mol. The molecule has 0 aliphatic rings. The summed E-state index contributed by atoms with van der Waals surface area (Å²) < 4.78 is 2.24. The van der Waals surface area contributed by atoms with Gasteiger partial charge < -0.3 is 10.1 Å². The number of amides is 3. The lowest BCUT2D eigenvalue weighted by molar-refractivity contribution is -0.119. The summed E-state index contributed by atoms with van der Waals surface area (Å²) in [6.07, 6.45) is 2.52. The fourth-order valence-electron chi connectivity index (χ4n) is 1.10. The highest BCUT2D eigenvalue weighted by molar-refractivity contribution is 6.76. The molecule has 2 N–H and O–H groups in total. The number of ether oxygens (including phenoxy) is 1. The molecular formula is C10H8Cl3N3O4. The molecule has 0 aliphatic carbocycles. The number of methoxy groups -OCH3 is 1. The Balaban J connectivity index is 2.82. The number of nitrogens with zero attached hydrogens (tertiary/aromatic N) is 1. The van der Waals surface area contributed by atoms with Gasteiger partial charge in [0.25, 0.3) is 9.70 Å². The average Bonchev–Trinajstić information content (AvgIpc) is 2.37. The fraction of sp³-hybridized carbons (Fsp3) is 0.200.